The van der Waals surface area contributed by atoms with Crippen LogP contribution in [0.3, 0.4) is 0 Å². The molecule has 0 aliphatic carbocycles. The molecule has 0 saturated carbocycles. The highest BCUT2D eigenvalue weighted by Gasteiger charge is 2.35. The van der Waals surface area contributed by atoms with E-state index in [1.165, 1.54) is 5.56 Å². The molecule has 2 atom stereocenters. The molecule has 0 fully saturated rings. The molecule has 4 rings (SSSR count). The van der Waals surface area contributed by atoms with Crippen molar-refractivity contribution in [2.45, 2.75) is 25.0 Å². The van der Waals surface area contributed by atoms with Gasteiger partial charge in [0.1, 0.15) is 0 Å². The molecular weight excluding hydrogens is 318 g/mol. The summed E-state index contributed by atoms with van der Waals surface area (Å²) in [4.78, 5) is 2.28. The predicted molar refractivity (Wildman–Crippen MR) is 94.2 cm³/mol. The van der Waals surface area contributed by atoms with Crippen molar-refractivity contribution >= 4 is 0 Å². The minimum atomic E-state index is -0.533. The third-order valence-electron chi connectivity index (χ3n) is 5.18. The zero-order valence-corrected chi connectivity index (χ0v) is 14.6. The lowest BCUT2D eigenvalue weighted by molar-refractivity contribution is 0.107. The van der Waals surface area contributed by atoms with E-state index < -0.39 is 6.10 Å². The average molecular weight is 341 g/mol. The number of ether oxygens (including phenoxy) is 3. The number of hydrogen-bond acceptors (Lipinski definition) is 5. The molecule has 0 radical (unpaired) electrons. The zero-order valence-electron chi connectivity index (χ0n) is 14.6. The molecule has 5 heteroatoms. The Kier molecular flexibility index (Phi) is 4.27. The maximum Gasteiger partial charge on any atom is 0.231 e. The summed E-state index contributed by atoms with van der Waals surface area (Å²) < 4.78 is 16.9. The smallest absolute Gasteiger partial charge is 0.231 e. The Hall–Kier alpha value is -2.24. The number of likely N-dealkylation sites (N-methyl/N-ethyl adjacent to an activating group) is 1. The third kappa shape index (κ3) is 2.83. The lowest BCUT2D eigenvalue weighted by atomic mass is 9.87. The van der Waals surface area contributed by atoms with Crippen LogP contribution >= 0.6 is 0 Å². The van der Waals surface area contributed by atoms with Gasteiger partial charge < -0.3 is 19.3 Å². The van der Waals surface area contributed by atoms with Crippen LogP contribution in [0.25, 0.3) is 0 Å². The Morgan fingerprint density at radius 3 is 2.84 bits per heavy atom. The lowest BCUT2D eigenvalue weighted by Gasteiger charge is -2.37. The molecule has 2 aromatic rings. The van der Waals surface area contributed by atoms with Crippen molar-refractivity contribution in [3.05, 3.63) is 53.1 Å². The molecule has 0 bridgehead atoms. The first-order chi connectivity index (χ1) is 12.2. The van der Waals surface area contributed by atoms with Gasteiger partial charge in [-0.05, 0) is 37.1 Å². The van der Waals surface area contributed by atoms with Gasteiger partial charge in [0.25, 0.3) is 0 Å². The fourth-order valence-electron chi connectivity index (χ4n) is 3.85. The van der Waals surface area contributed by atoms with E-state index in [1.807, 2.05) is 30.3 Å². The van der Waals surface area contributed by atoms with Crippen LogP contribution in [0.2, 0.25) is 0 Å². The number of methoxy groups -OCH3 is 1. The predicted octanol–water partition coefficient (Wildman–Crippen LogP) is 3.08. The van der Waals surface area contributed by atoms with Gasteiger partial charge in [-0.3, -0.25) is 4.90 Å². The fraction of sp³-hybridized carbons (Fsp3) is 0.400. The summed E-state index contributed by atoms with van der Waals surface area (Å²) in [5.41, 5.74) is 3.25. The number of benzene rings is 2. The van der Waals surface area contributed by atoms with E-state index in [4.69, 9.17) is 14.2 Å². The second-order valence-electron chi connectivity index (χ2n) is 6.62. The molecule has 25 heavy (non-hydrogen) atoms. The second-order valence-corrected chi connectivity index (χ2v) is 6.62. The number of rotatable bonds is 4. The van der Waals surface area contributed by atoms with Gasteiger partial charge >= 0.3 is 0 Å². The fourth-order valence-corrected chi connectivity index (χ4v) is 3.85. The van der Waals surface area contributed by atoms with E-state index in [0.717, 1.165) is 35.6 Å². The Labute approximate surface area is 147 Å². The third-order valence-corrected chi connectivity index (χ3v) is 5.18. The van der Waals surface area contributed by atoms with Crippen LogP contribution in [0.4, 0.5) is 0 Å². The summed E-state index contributed by atoms with van der Waals surface area (Å²) in [6, 6.07) is 11.9. The summed E-state index contributed by atoms with van der Waals surface area (Å²) in [6.07, 6.45) is 0.995. The van der Waals surface area contributed by atoms with E-state index >= 15 is 0 Å². The summed E-state index contributed by atoms with van der Waals surface area (Å²) in [5.74, 6) is 2.17. The van der Waals surface area contributed by atoms with Crippen molar-refractivity contribution in [2.75, 3.05) is 27.5 Å². The summed E-state index contributed by atoms with van der Waals surface area (Å²) in [5, 5.41) is 10.7. The van der Waals surface area contributed by atoms with Gasteiger partial charge in [-0.1, -0.05) is 30.3 Å². The molecule has 0 amide bonds. The molecule has 0 spiro atoms. The highest BCUT2D eigenvalue weighted by Crippen LogP contribution is 2.50. The molecule has 5 nitrogen and oxygen atoms in total. The van der Waals surface area contributed by atoms with Crippen LogP contribution in [0.1, 0.15) is 35.3 Å². The van der Waals surface area contributed by atoms with Crippen molar-refractivity contribution in [1.29, 1.82) is 0 Å². The molecule has 2 aliphatic rings. The van der Waals surface area contributed by atoms with Crippen LogP contribution in [-0.4, -0.2) is 37.5 Å². The van der Waals surface area contributed by atoms with Gasteiger partial charge in [-0.15, -0.1) is 0 Å². The highest BCUT2D eigenvalue weighted by atomic mass is 16.7. The maximum absolute atomic E-state index is 10.7. The Balaban J connectivity index is 1.72. The molecule has 2 unspecified atom stereocenters. The number of aliphatic hydroxyl groups is 1. The van der Waals surface area contributed by atoms with Gasteiger partial charge in [-0.2, -0.15) is 0 Å². The molecule has 2 aliphatic heterocycles. The van der Waals surface area contributed by atoms with Gasteiger partial charge in [0.05, 0.1) is 13.2 Å². The first kappa shape index (κ1) is 16.2. The van der Waals surface area contributed by atoms with Gasteiger partial charge in [-0.25, -0.2) is 0 Å². The standard InChI is InChI=1S/C20H23NO4/c1-21-9-8-14-10-17-19(25-12-24-17)20(23-2)18(14)15(21)11-16(22)13-6-4-3-5-7-13/h3-7,10,15-16,22H,8-9,11-12H2,1-2H3. The summed E-state index contributed by atoms with van der Waals surface area (Å²) in [7, 11) is 3.76. The number of nitrogens with zero attached hydrogens (tertiary/aromatic N) is 1. The molecule has 2 aromatic carbocycles. The maximum atomic E-state index is 10.7. The van der Waals surface area contributed by atoms with Crippen molar-refractivity contribution in [2.24, 2.45) is 0 Å². The molecule has 2 heterocycles. The molecule has 132 valence electrons. The summed E-state index contributed by atoms with van der Waals surface area (Å²) >= 11 is 0. The molecule has 0 aromatic heterocycles. The topological polar surface area (TPSA) is 51.2 Å². The monoisotopic (exact) mass is 341 g/mol. The minimum absolute atomic E-state index is 0.0587. The van der Waals surface area contributed by atoms with Crippen LogP contribution in [0.15, 0.2) is 36.4 Å². The van der Waals surface area contributed by atoms with E-state index in [-0.39, 0.29) is 12.8 Å². The normalized spacial score (nSPS) is 20.2. The SMILES string of the molecule is COc1c2c(cc3c1C(CC(O)c1ccccc1)N(C)CC3)OCO2. The molecule has 1 N–H and O–H groups in total. The first-order valence-corrected chi connectivity index (χ1v) is 8.61. The number of hydrogen-bond donors (Lipinski definition) is 1. The van der Waals surface area contributed by atoms with Crippen molar-refractivity contribution < 1.29 is 19.3 Å². The van der Waals surface area contributed by atoms with Crippen molar-refractivity contribution in [1.82, 2.24) is 4.90 Å². The van der Waals surface area contributed by atoms with Gasteiger partial charge in [0.2, 0.25) is 12.5 Å². The minimum Gasteiger partial charge on any atom is -0.492 e. The summed E-state index contributed by atoms with van der Waals surface area (Å²) in [6.45, 7) is 1.16. The largest absolute Gasteiger partial charge is 0.492 e. The van der Waals surface area contributed by atoms with Crippen LogP contribution in [-0.2, 0) is 6.42 Å². The van der Waals surface area contributed by atoms with Crippen molar-refractivity contribution in [3.8, 4) is 17.2 Å². The number of fused-ring (bicyclic) bond motifs is 2. The molecular formula is C20H23NO4. The van der Waals surface area contributed by atoms with Crippen molar-refractivity contribution in [3.63, 3.8) is 0 Å². The van der Waals surface area contributed by atoms with E-state index in [2.05, 4.69) is 18.0 Å². The van der Waals surface area contributed by atoms with E-state index in [0.29, 0.717) is 12.2 Å². The highest BCUT2D eigenvalue weighted by molar-refractivity contribution is 5.61. The lowest BCUT2D eigenvalue weighted by Crippen LogP contribution is -2.33. The first-order valence-electron chi connectivity index (χ1n) is 8.61. The molecule has 0 saturated heterocycles. The van der Waals surface area contributed by atoms with E-state index in [9.17, 15) is 5.11 Å². The Morgan fingerprint density at radius 2 is 2.08 bits per heavy atom. The number of aliphatic hydroxyl groups excluding tert-OH is 1. The quantitative estimate of drug-likeness (QED) is 0.926. The van der Waals surface area contributed by atoms with E-state index in [1.54, 1.807) is 7.11 Å². The van der Waals surface area contributed by atoms with Crippen LogP contribution < -0.4 is 14.2 Å². The Morgan fingerprint density at radius 1 is 1.28 bits per heavy atom. The Bertz CT molecular complexity index is 762. The second kappa shape index (κ2) is 6.58. The van der Waals surface area contributed by atoms with Gasteiger partial charge in [0, 0.05) is 18.2 Å². The zero-order chi connectivity index (χ0) is 17.4. The van der Waals surface area contributed by atoms with Gasteiger partial charge in [0.15, 0.2) is 11.5 Å². The van der Waals surface area contributed by atoms with Crippen LogP contribution in [0, 0.1) is 0 Å². The van der Waals surface area contributed by atoms with Crippen LogP contribution in [0.5, 0.6) is 17.2 Å². The average Bonchev–Trinajstić information content (AvgIpc) is 3.11.